The zero-order valence-electron chi connectivity index (χ0n) is 11.5. The van der Waals surface area contributed by atoms with Gasteiger partial charge >= 0.3 is 0 Å². The maximum atomic E-state index is 6.18. The number of hydrogen-bond acceptors (Lipinski definition) is 3. The summed E-state index contributed by atoms with van der Waals surface area (Å²) in [4.78, 5) is 4.32. The number of halogens is 1. The Labute approximate surface area is 118 Å². The molecule has 2 heterocycles. The van der Waals surface area contributed by atoms with Crippen molar-refractivity contribution in [2.24, 2.45) is 0 Å². The van der Waals surface area contributed by atoms with Gasteiger partial charge in [0, 0.05) is 11.6 Å². The predicted octanol–water partition coefficient (Wildman–Crippen LogP) is 3.83. The van der Waals surface area contributed by atoms with Gasteiger partial charge in [-0.1, -0.05) is 37.3 Å². The first kappa shape index (κ1) is 12.9. The van der Waals surface area contributed by atoms with E-state index in [4.69, 9.17) is 11.6 Å². The average molecular weight is 279 g/mol. The van der Waals surface area contributed by atoms with Gasteiger partial charge in [0.15, 0.2) is 10.8 Å². The number of rotatable bonds is 1. The van der Waals surface area contributed by atoms with E-state index in [0.29, 0.717) is 16.7 Å². The molecule has 0 aromatic carbocycles. The lowest BCUT2D eigenvalue weighted by atomic mass is 9.99. The Balaban J connectivity index is 2.13. The highest BCUT2D eigenvalue weighted by Crippen LogP contribution is 2.32. The van der Waals surface area contributed by atoms with Gasteiger partial charge in [-0.15, -0.1) is 10.2 Å². The summed E-state index contributed by atoms with van der Waals surface area (Å²) >= 11 is 6.18. The summed E-state index contributed by atoms with van der Waals surface area (Å²) < 4.78 is 2.11. The smallest absolute Gasteiger partial charge is 0.198 e. The maximum absolute atomic E-state index is 6.18. The second kappa shape index (κ2) is 5.08. The van der Waals surface area contributed by atoms with Gasteiger partial charge in [-0.25, -0.2) is 4.98 Å². The van der Waals surface area contributed by atoms with Crippen molar-refractivity contribution in [1.82, 2.24) is 19.6 Å². The standard InChI is InChI=1S/C14H19ClN4/c1-9-10(2)19-13(11-7-5-3-4-6-8-11)17-18-14(19)12(15)16-9/h11H,3-8H2,1-2H3. The quantitative estimate of drug-likeness (QED) is 0.745. The molecule has 19 heavy (non-hydrogen) atoms. The van der Waals surface area contributed by atoms with Crippen molar-refractivity contribution in [3.05, 3.63) is 22.4 Å². The Morgan fingerprint density at radius 3 is 2.42 bits per heavy atom. The predicted molar refractivity (Wildman–Crippen MR) is 75.7 cm³/mol. The fraction of sp³-hybridized carbons (Fsp3) is 0.643. The molecule has 0 spiro atoms. The molecule has 1 fully saturated rings. The van der Waals surface area contributed by atoms with Crippen molar-refractivity contribution in [2.45, 2.75) is 58.3 Å². The molecule has 1 saturated carbocycles. The third kappa shape index (κ3) is 2.22. The van der Waals surface area contributed by atoms with Crippen molar-refractivity contribution in [2.75, 3.05) is 0 Å². The van der Waals surface area contributed by atoms with Gasteiger partial charge in [0.2, 0.25) is 0 Å². The second-order valence-corrected chi connectivity index (χ2v) is 5.84. The summed E-state index contributed by atoms with van der Waals surface area (Å²) in [7, 11) is 0. The molecule has 0 N–H and O–H groups in total. The fourth-order valence-corrected chi connectivity index (χ4v) is 3.25. The van der Waals surface area contributed by atoms with Gasteiger partial charge in [0.25, 0.3) is 0 Å². The molecular weight excluding hydrogens is 260 g/mol. The molecule has 0 unspecified atom stereocenters. The SMILES string of the molecule is Cc1nc(Cl)c2nnc(C3CCCCCC3)n2c1C. The highest BCUT2D eigenvalue weighted by atomic mass is 35.5. The van der Waals surface area contributed by atoms with E-state index in [1.54, 1.807) is 0 Å². The summed E-state index contributed by atoms with van der Waals surface area (Å²) in [5.74, 6) is 1.58. The molecule has 0 aliphatic heterocycles. The van der Waals surface area contributed by atoms with Crippen molar-refractivity contribution < 1.29 is 0 Å². The first-order chi connectivity index (χ1) is 9.18. The third-order valence-corrected chi connectivity index (χ3v) is 4.47. The van der Waals surface area contributed by atoms with Gasteiger partial charge < -0.3 is 0 Å². The van der Waals surface area contributed by atoms with E-state index < -0.39 is 0 Å². The van der Waals surface area contributed by atoms with Crippen molar-refractivity contribution in [3.63, 3.8) is 0 Å². The second-order valence-electron chi connectivity index (χ2n) is 5.48. The first-order valence-electron chi connectivity index (χ1n) is 7.06. The molecule has 0 bridgehead atoms. The van der Waals surface area contributed by atoms with E-state index in [9.17, 15) is 0 Å². The molecular formula is C14H19ClN4. The lowest BCUT2D eigenvalue weighted by molar-refractivity contribution is 0.553. The molecule has 102 valence electrons. The summed E-state index contributed by atoms with van der Waals surface area (Å²) in [6, 6.07) is 0. The minimum absolute atomic E-state index is 0.454. The van der Waals surface area contributed by atoms with Crippen LogP contribution >= 0.6 is 11.6 Å². The van der Waals surface area contributed by atoms with Crippen molar-refractivity contribution in [1.29, 1.82) is 0 Å². The summed E-state index contributed by atoms with van der Waals surface area (Å²) in [5, 5.41) is 9.11. The Bertz CT molecular complexity index is 597. The number of hydrogen-bond donors (Lipinski definition) is 0. The van der Waals surface area contributed by atoms with Crippen LogP contribution in [0.3, 0.4) is 0 Å². The molecule has 4 nitrogen and oxygen atoms in total. The monoisotopic (exact) mass is 278 g/mol. The van der Waals surface area contributed by atoms with Crippen LogP contribution in [0.4, 0.5) is 0 Å². The van der Waals surface area contributed by atoms with Crippen LogP contribution < -0.4 is 0 Å². The Kier molecular flexibility index (Phi) is 3.44. The summed E-state index contributed by atoms with van der Waals surface area (Å²) in [6.45, 7) is 4.05. The topological polar surface area (TPSA) is 43.1 Å². The van der Waals surface area contributed by atoms with Gasteiger partial charge in [-0.05, 0) is 26.7 Å². The molecule has 3 rings (SSSR count). The minimum Gasteiger partial charge on any atom is -0.279 e. The molecule has 5 heteroatoms. The van der Waals surface area contributed by atoms with Crippen LogP contribution in [0, 0.1) is 13.8 Å². The number of fused-ring (bicyclic) bond motifs is 1. The van der Waals surface area contributed by atoms with Crippen LogP contribution in [0.1, 0.15) is 61.7 Å². The van der Waals surface area contributed by atoms with Crippen LogP contribution in [0.25, 0.3) is 5.65 Å². The highest BCUT2D eigenvalue weighted by molar-refractivity contribution is 6.32. The normalized spacial score (nSPS) is 17.8. The first-order valence-corrected chi connectivity index (χ1v) is 7.44. The van der Waals surface area contributed by atoms with E-state index in [1.807, 2.05) is 6.92 Å². The van der Waals surface area contributed by atoms with E-state index in [2.05, 4.69) is 26.5 Å². The fourth-order valence-electron chi connectivity index (χ4n) is 3.00. The maximum Gasteiger partial charge on any atom is 0.198 e. The van der Waals surface area contributed by atoms with Gasteiger partial charge in [0.1, 0.15) is 5.82 Å². The van der Waals surface area contributed by atoms with E-state index in [1.165, 1.54) is 38.5 Å². The largest absolute Gasteiger partial charge is 0.279 e. The average Bonchev–Trinajstić information content (AvgIpc) is 2.66. The molecule has 2 aromatic heterocycles. The van der Waals surface area contributed by atoms with E-state index in [-0.39, 0.29) is 0 Å². The third-order valence-electron chi connectivity index (χ3n) is 4.22. The Hall–Kier alpha value is -1.16. The molecule has 2 aromatic rings. The van der Waals surface area contributed by atoms with Crippen LogP contribution in [0.5, 0.6) is 0 Å². The van der Waals surface area contributed by atoms with Gasteiger partial charge in [-0.2, -0.15) is 0 Å². The minimum atomic E-state index is 0.454. The van der Waals surface area contributed by atoms with Crippen LogP contribution in [-0.4, -0.2) is 19.6 Å². The Morgan fingerprint density at radius 1 is 1.05 bits per heavy atom. The number of aromatic nitrogens is 4. The van der Waals surface area contributed by atoms with Crippen molar-refractivity contribution >= 4 is 17.2 Å². The highest BCUT2D eigenvalue weighted by Gasteiger charge is 2.22. The number of nitrogens with zero attached hydrogens (tertiary/aromatic N) is 4. The van der Waals surface area contributed by atoms with Gasteiger partial charge in [-0.3, -0.25) is 4.40 Å². The zero-order chi connectivity index (χ0) is 13.4. The van der Waals surface area contributed by atoms with E-state index in [0.717, 1.165) is 17.2 Å². The van der Waals surface area contributed by atoms with Crippen LogP contribution in [-0.2, 0) is 0 Å². The lowest BCUT2D eigenvalue weighted by Crippen LogP contribution is -2.08. The molecule has 0 amide bonds. The van der Waals surface area contributed by atoms with Crippen LogP contribution in [0.2, 0.25) is 5.15 Å². The lowest BCUT2D eigenvalue weighted by Gasteiger charge is -2.14. The Morgan fingerprint density at radius 2 is 1.74 bits per heavy atom. The van der Waals surface area contributed by atoms with Crippen LogP contribution in [0.15, 0.2) is 0 Å². The molecule has 0 atom stereocenters. The number of aryl methyl sites for hydroxylation is 2. The molecule has 1 aliphatic carbocycles. The van der Waals surface area contributed by atoms with E-state index >= 15 is 0 Å². The molecule has 1 aliphatic rings. The molecule has 0 radical (unpaired) electrons. The van der Waals surface area contributed by atoms with Gasteiger partial charge in [0.05, 0.1) is 5.69 Å². The van der Waals surface area contributed by atoms with Crippen molar-refractivity contribution in [3.8, 4) is 0 Å². The summed E-state index contributed by atoms with van der Waals surface area (Å²) in [5.41, 5.74) is 2.75. The zero-order valence-corrected chi connectivity index (χ0v) is 12.2. The summed E-state index contributed by atoms with van der Waals surface area (Å²) in [6.07, 6.45) is 7.67. The molecule has 0 saturated heterocycles.